The topological polar surface area (TPSA) is 58.4 Å². The SMILES string of the molecule is CN(C)c1ccc(Cl)cc1NC(=O)c1ccc(Br)c(N)c1. The van der Waals surface area contributed by atoms with E-state index in [2.05, 4.69) is 21.2 Å². The van der Waals surface area contributed by atoms with Crippen LogP contribution in [-0.4, -0.2) is 20.0 Å². The summed E-state index contributed by atoms with van der Waals surface area (Å²) in [5.41, 5.74) is 8.32. The first-order chi connectivity index (χ1) is 9.88. The fourth-order valence-corrected chi connectivity index (χ4v) is 2.30. The van der Waals surface area contributed by atoms with Gasteiger partial charge in [-0.1, -0.05) is 11.6 Å². The van der Waals surface area contributed by atoms with Gasteiger partial charge in [-0.3, -0.25) is 4.79 Å². The molecule has 1 amide bonds. The number of hydrogen-bond acceptors (Lipinski definition) is 3. The normalized spacial score (nSPS) is 10.3. The fourth-order valence-electron chi connectivity index (χ4n) is 1.88. The second-order valence-electron chi connectivity index (χ2n) is 4.75. The van der Waals surface area contributed by atoms with Crippen molar-refractivity contribution in [3.8, 4) is 0 Å². The molecule has 0 spiro atoms. The van der Waals surface area contributed by atoms with Gasteiger partial charge in [0.2, 0.25) is 0 Å². The second-order valence-corrected chi connectivity index (χ2v) is 6.04. The van der Waals surface area contributed by atoms with E-state index in [4.69, 9.17) is 17.3 Å². The third kappa shape index (κ3) is 3.68. The Morgan fingerprint density at radius 3 is 2.57 bits per heavy atom. The van der Waals surface area contributed by atoms with E-state index in [-0.39, 0.29) is 5.91 Å². The summed E-state index contributed by atoms with van der Waals surface area (Å²) in [5, 5.41) is 3.42. The van der Waals surface area contributed by atoms with E-state index < -0.39 is 0 Å². The number of anilines is 3. The number of nitrogens with zero attached hydrogens (tertiary/aromatic N) is 1. The first-order valence-corrected chi connectivity index (χ1v) is 7.39. The highest BCUT2D eigenvalue weighted by molar-refractivity contribution is 9.10. The zero-order valence-corrected chi connectivity index (χ0v) is 14.0. The minimum absolute atomic E-state index is 0.237. The van der Waals surface area contributed by atoms with Crippen molar-refractivity contribution in [3.63, 3.8) is 0 Å². The van der Waals surface area contributed by atoms with Crippen LogP contribution in [0.1, 0.15) is 10.4 Å². The summed E-state index contributed by atoms with van der Waals surface area (Å²) in [7, 11) is 3.80. The smallest absolute Gasteiger partial charge is 0.255 e. The predicted molar refractivity (Wildman–Crippen MR) is 92.3 cm³/mol. The van der Waals surface area contributed by atoms with Gasteiger partial charge in [0, 0.05) is 34.8 Å². The van der Waals surface area contributed by atoms with E-state index in [0.717, 1.165) is 10.2 Å². The van der Waals surface area contributed by atoms with Crippen LogP contribution in [0.5, 0.6) is 0 Å². The number of nitrogens with one attached hydrogen (secondary N) is 1. The molecule has 2 rings (SSSR count). The van der Waals surface area contributed by atoms with Gasteiger partial charge < -0.3 is 16.0 Å². The quantitative estimate of drug-likeness (QED) is 0.805. The Morgan fingerprint density at radius 1 is 1.24 bits per heavy atom. The Balaban J connectivity index is 2.30. The Morgan fingerprint density at radius 2 is 1.95 bits per heavy atom. The van der Waals surface area contributed by atoms with Crippen LogP contribution >= 0.6 is 27.5 Å². The highest BCUT2D eigenvalue weighted by atomic mass is 79.9. The third-order valence-corrected chi connectivity index (χ3v) is 3.90. The van der Waals surface area contributed by atoms with E-state index in [9.17, 15) is 4.79 Å². The first kappa shape index (κ1) is 15.7. The van der Waals surface area contributed by atoms with Gasteiger partial charge in [0.15, 0.2) is 0 Å². The molecule has 21 heavy (non-hydrogen) atoms. The molecule has 0 saturated heterocycles. The van der Waals surface area contributed by atoms with Crippen molar-refractivity contribution in [3.05, 3.63) is 51.5 Å². The molecule has 0 fully saturated rings. The summed E-state index contributed by atoms with van der Waals surface area (Å²) in [6, 6.07) is 10.4. The first-order valence-electron chi connectivity index (χ1n) is 6.21. The highest BCUT2D eigenvalue weighted by Gasteiger charge is 2.12. The van der Waals surface area contributed by atoms with Crippen LogP contribution in [0.15, 0.2) is 40.9 Å². The predicted octanol–water partition coefficient (Wildman–Crippen LogP) is 4.00. The number of nitrogen functional groups attached to an aromatic ring is 1. The summed E-state index contributed by atoms with van der Waals surface area (Å²) in [4.78, 5) is 14.2. The molecule has 0 saturated carbocycles. The lowest BCUT2D eigenvalue weighted by Gasteiger charge is -2.18. The Bertz CT molecular complexity index is 689. The van der Waals surface area contributed by atoms with E-state index in [1.54, 1.807) is 30.3 Å². The number of rotatable bonds is 3. The van der Waals surface area contributed by atoms with Crippen LogP contribution in [0.2, 0.25) is 5.02 Å². The molecule has 0 aliphatic heterocycles. The van der Waals surface area contributed by atoms with Crippen molar-refractivity contribution in [2.75, 3.05) is 30.0 Å². The maximum atomic E-state index is 12.3. The standard InChI is InChI=1S/C15H15BrClN3O/c1-20(2)14-6-4-10(17)8-13(14)19-15(21)9-3-5-11(16)12(18)7-9/h3-8H,18H2,1-2H3,(H,19,21). The molecule has 0 aliphatic rings. The molecular weight excluding hydrogens is 354 g/mol. The minimum Gasteiger partial charge on any atom is -0.398 e. The number of benzene rings is 2. The lowest BCUT2D eigenvalue weighted by atomic mass is 10.1. The van der Waals surface area contributed by atoms with E-state index in [1.165, 1.54) is 0 Å². The molecule has 0 aliphatic carbocycles. The lowest BCUT2D eigenvalue weighted by molar-refractivity contribution is 0.102. The summed E-state index contributed by atoms with van der Waals surface area (Å²) in [5.74, 6) is -0.237. The summed E-state index contributed by atoms with van der Waals surface area (Å²) in [6.07, 6.45) is 0. The number of carbonyl (C=O) groups excluding carboxylic acids is 1. The van der Waals surface area contributed by atoms with Crippen molar-refractivity contribution in [1.82, 2.24) is 0 Å². The van der Waals surface area contributed by atoms with Gasteiger partial charge in [0.05, 0.1) is 11.4 Å². The average Bonchev–Trinajstić information content (AvgIpc) is 2.41. The largest absolute Gasteiger partial charge is 0.398 e. The van der Waals surface area contributed by atoms with Gasteiger partial charge in [-0.2, -0.15) is 0 Å². The molecule has 4 nitrogen and oxygen atoms in total. The Labute approximate surface area is 137 Å². The number of amides is 1. The van der Waals surface area contributed by atoms with Gasteiger partial charge in [-0.25, -0.2) is 0 Å². The maximum Gasteiger partial charge on any atom is 0.255 e. The van der Waals surface area contributed by atoms with Gasteiger partial charge in [-0.15, -0.1) is 0 Å². The van der Waals surface area contributed by atoms with Crippen molar-refractivity contribution >= 4 is 50.5 Å². The third-order valence-electron chi connectivity index (χ3n) is 2.95. The van der Waals surface area contributed by atoms with Crippen LogP contribution < -0.4 is 16.0 Å². The summed E-state index contributed by atoms with van der Waals surface area (Å²) >= 11 is 9.31. The van der Waals surface area contributed by atoms with Crippen LogP contribution in [0.3, 0.4) is 0 Å². The molecule has 0 atom stereocenters. The van der Waals surface area contributed by atoms with Gasteiger partial charge in [-0.05, 0) is 52.3 Å². The Hall–Kier alpha value is -1.72. The molecule has 3 N–H and O–H groups in total. The van der Waals surface area contributed by atoms with E-state index >= 15 is 0 Å². The maximum absolute atomic E-state index is 12.3. The van der Waals surface area contributed by atoms with Crippen molar-refractivity contribution in [1.29, 1.82) is 0 Å². The number of carbonyl (C=O) groups is 1. The fraction of sp³-hybridized carbons (Fsp3) is 0.133. The van der Waals surface area contributed by atoms with Crippen LogP contribution in [0, 0.1) is 0 Å². The number of nitrogens with two attached hydrogens (primary N) is 1. The second kappa shape index (κ2) is 6.37. The molecule has 0 unspecified atom stereocenters. The number of hydrogen-bond donors (Lipinski definition) is 2. The molecule has 2 aromatic rings. The molecule has 110 valence electrons. The van der Waals surface area contributed by atoms with Crippen LogP contribution in [0.4, 0.5) is 17.1 Å². The summed E-state index contributed by atoms with van der Waals surface area (Å²) in [6.45, 7) is 0. The molecule has 0 heterocycles. The van der Waals surface area contributed by atoms with Crippen molar-refractivity contribution in [2.45, 2.75) is 0 Å². The lowest BCUT2D eigenvalue weighted by Crippen LogP contribution is -2.17. The van der Waals surface area contributed by atoms with E-state index in [1.807, 2.05) is 25.1 Å². The molecule has 6 heteroatoms. The average molecular weight is 369 g/mol. The van der Waals surface area contributed by atoms with Gasteiger partial charge >= 0.3 is 0 Å². The monoisotopic (exact) mass is 367 g/mol. The van der Waals surface area contributed by atoms with E-state index in [0.29, 0.717) is 22.0 Å². The summed E-state index contributed by atoms with van der Waals surface area (Å²) < 4.78 is 0.760. The zero-order valence-electron chi connectivity index (χ0n) is 11.7. The molecule has 0 aromatic heterocycles. The zero-order chi connectivity index (χ0) is 15.6. The van der Waals surface area contributed by atoms with Gasteiger partial charge in [0.1, 0.15) is 0 Å². The van der Waals surface area contributed by atoms with Crippen LogP contribution in [0.25, 0.3) is 0 Å². The molecule has 0 bridgehead atoms. The highest BCUT2D eigenvalue weighted by Crippen LogP contribution is 2.28. The molecular formula is C15H15BrClN3O. The van der Waals surface area contributed by atoms with Crippen molar-refractivity contribution < 1.29 is 4.79 Å². The van der Waals surface area contributed by atoms with Crippen molar-refractivity contribution in [2.24, 2.45) is 0 Å². The van der Waals surface area contributed by atoms with Crippen LogP contribution in [-0.2, 0) is 0 Å². The Kier molecular flexibility index (Phi) is 4.75. The van der Waals surface area contributed by atoms with Gasteiger partial charge in [0.25, 0.3) is 5.91 Å². The molecule has 2 aromatic carbocycles. The molecule has 0 radical (unpaired) electrons. The number of halogens is 2. The minimum atomic E-state index is -0.237.